The van der Waals surface area contributed by atoms with Crippen molar-refractivity contribution in [3.05, 3.63) is 52.6 Å². The molecule has 1 aliphatic rings. The van der Waals surface area contributed by atoms with E-state index in [1.54, 1.807) is 41.3 Å². The van der Waals surface area contributed by atoms with Crippen molar-refractivity contribution in [1.29, 1.82) is 0 Å². The number of carbonyl (C=O) groups excluding carboxylic acids is 2. The van der Waals surface area contributed by atoms with Crippen molar-refractivity contribution >= 4 is 46.3 Å². The first-order valence-corrected chi connectivity index (χ1v) is 8.80. The normalized spacial score (nSPS) is 15.9. The van der Waals surface area contributed by atoms with E-state index >= 15 is 0 Å². The first kappa shape index (κ1) is 17.4. The fraction of sp³-hybridized carbons (Fsp3) is 0.167. The van der Waals surface area contributed by atoms with Crippen LogP contribution in [0.3, 0.4) is 0 Å². The molecular formula is C18H15NO4S2. The highest BCUT2D eigenvalue weighted by molar-refractivity contribution is 8.26. The monoisotopic (exact) mass is 373 g/mol. The molecule has 0 unspecified atom stereocenters. The van der Waals surface area contributed by atoms with Gasteiger partial charge in [0, 0.05) is 18.2 Å². The van der Waals surface area contributed by atoms with Gasteiger partial charge >= 0.3 is 5.97 Å². The molecular weight excluding hydrogens is 358 g/mol. The van der Waals surface area contributed by atoms with E-state index in [2.05, 4.69) is 4.74 Å². The SMILES string of the molecule is CCN1C(=O)/C(=C/c2ccc(-c3ccc(C(=O)OC)cc3)o2)SC1=S. The number of hydrogen-bond acceptors (Lipinski definition) is 6. The van der Waals surface area contributed by atoms with Gasteiger partial charge in [-0.1, -0.05) is 36.1 Å². The van der Waals surface area contributed by atoms with Crippen LogP contribution < -0.4 is 0 Å². The van der Waals surface area contributed by atoms with Crippen molar-refractivity contribution in [2.24, 2.45) is 0 Å². The smallest absolute Gasteiger partial charge is 0.337 e. The molecule has 5 nitrogen and oxygen atoms in total. The highest BCUT2D eigenvalue weighted by Crippen LogP contribution is 2.33. The Bertz CT molecular complexity index is 867. The Kier molecular flexibility index (Phi) is 5.06. The van der Waals surface area contributed by atoms with E-state index in [0.29, 0.717) is 32.9 Å². The Morgan fingerprint density at radius 3 is 2.60 bits per heavy atom. The van der Waals surface area contributed by atoms with Crippen LogP contribution in [0.5, 0.6) is 0 Å². The van der Waals surface area contributed by atoms with Crippen LogP contribution in [-0.4, -0.2) is 34.8 Å². The molecule has 0 bridgehead atoms. The van der Waals surface area contributed by atoms with Gasteiger partial charge in [-0.15, -0.1) is 0 Å². The number of nitrogens with zero attached hydrogens (tertiary/aromatic N) is 1. The standard InChI is InChI=1S/C18H15NO4S2/c1-3-19-16(20)15(25-18(19)24)10-13-8-9-14(23-13)11-4-6-12(7-5-11)17(21)22-2/h4-10H,3H2,1-2H3/b15-10-. The molecule has 1 saturated heterocycles. The van der Waals surface area contributed by atoms with Crippen LogP contribution in [0.1, 0.15) is 23.0 Å². The third-order valence-corrected chi connectivity index (χ3v) is 5.06. The zero-order chi connectivity index (χ0) is 18.0. The van der Waals surface area contributed by atoms with Crippen molar-refractivity contribution < 1.29 is 18.7 Å². The first-order chi connectivity index (χ1) is 12.0. The molecule has 1 fully saturated rings. The quantitative estimate of drug-likeness (QED) is 0.459. The minimum Gasteiger partial charge on any atom is -0.465 e. The van der Waals surface area contributed by atoms with E-state index < -0.39 is 0 Å². The van der Waals surface area contributed by atoms with Crippen molar-refractivity contribution in [2.75, 3.05) is 13.7 Å². The van der Waals surface area contributed by atoms with Gasteiger partial charge in [-0.3, -0.25) is 9.69 Å². The van der Waals surface area contributed by atoms with E-state index in [0.717, 1.165) is 5.56 Å². The fourth-order valence-electron chi connectivity index (χ4n) is 2.38. The second-order valence-corrected chi connectivity index (χ2v) is 6.87. The molecule has 0 N–H and O–H groups in total. The molecule has 2 aromatic rings. The van der Waals surface area contributed by atoms with Crippen LogP contribution in [-0.2, 0) is 9.53 Å². The fourth-order valence-corrected chi connectivity index (χ4v) is 3.74. The lowest BCUT2D eigenvalue weighted by Crippen LogP contribution is -2.27. The summed E-state index contributed by atoms with van der Waals surface area (Å²) in [5.41, 5.74) is 1.30. The summed E-state index contributed by atoms with van der Waals surface area (Å²) in [4.78, 5) is 25.8. The molecule has 3 rings (SSSR count). The van der Waals surface area contributed by atoms with Crippen LogP contribution >= 0.6 is 24.0 Å². The summed E-state index contributed by atoms with van der Waals surface area (Å²) in [6.07, 6.45) is 1.70. The number of benzene rings is 1. The predicted octanol–water partition coefficient (Wildman–Crippen LogP) is 3.95. The Morgan fingerprint density at radius 1 is 1.28 bits per heavy atom. The molecule has 25 heavy (non-hydrogen) atoms. The van der Waals surface area contributed by atoms with E-state index in [-0.39, 0.29) is 11.9 Å². The predicted molar refractivity (Wildman–Crippen MR) is 101 cm³/mol. The van der Waals surface area contributed by atoms with Crippen LogP contribution in [0.2, 0.25) is 0 Å². The molecule has 128 valence electrons. The zero-order valence-electron chi connectivity index (χ0n) is 13.6. The molecule has 1 aliphatic heterocycles. The molecule has 0 saturated carbocycles. The second kappa shape index (κ2) is 7.25. The highest BCUT2D eigenvalue weighted by Gasteiger charge is 2.30. The van der Waals surface area contributed by atoms with Gasteiger partial charge in [0.1, 0.15) is 15.8 Å². The summed E-state index contributed by atoms with van der Waals surface area (Å²) in [5.74, 6) is 0.736. The number of rotatable bonds is 4. The molecule has 1 aromatic carbocycles. The van der Waals surface area contributed by atoms with E-state index in [1.165, 1.54) is 18.9 Å². The number of hydrogen-bond donors (Lipinski definition) is 0. The Hall–Kier alpha value is -2.38. The summed E-state index contributed by atoms with van der Waals surface area (Å²) < 4.78 is 11.0. The van der Waals surface area contributed by atoms with E-state index in [1.807, 2.05) is 13.0 Å². The summed E-state index contributed by atoms with van der Waals surface area (Å²) in [5, 5.41) is 0. The van der Waals surface area contributed by atoms with Gasteiger partial charge in [-0.2, -0.15) is 0 Å². The molecule has 1 amide bonds. The van der Waals surface area contributed by atoms with Gasteiger partial charge in [-0.05, 0) is 31.2 Å². The first-order valence-electron chi connectivity index (χ1n) is 7.57. The van der Waals surface area contributed by atoms with E-state index in [9.17, 15) is 9.59 Å². The number of methoxy groups -OCH3 is 1. The maximum Gasteiger partial charge on any atom is 0.337 e. The maximum absolute atomic E-state index is 12.2. The van der Waals surface area contributed by atoms with Gasteiger partial charge in [0.15, 0.2) is 0 Å². The number of thiocarbonyl (C=S) groups is 1. The number of amides is 1. The topological polar surface area (TPSA) is 59.8 Å². The number of likely N-dealkylation sites (N-methyl/N-ethyl adjacent to an activating group) is 1. The Balaban J connectivity index is 1.81. The average molecular weight is 373 g/mol. The lowest BCUT2D eigenvalue weighted by molar-refractivity contribution is -0.122. The van der Waals surface area contributed by atoms with Crippen molar-refractivity contribution in [2.45, 2.75) is 6.92 Å². The molecule has 2 heterocycles. The molecule has 7 heteroatoms. The van der Waals surface area contributed by atoms with Crippen LogP contribution in [0.15, 0.2) is 45.7 Å². The maximum atomic E-state index is 12.2. The molecule has 0 aliphatic carbocycles. The van der Waals surface area contributed by atoms with Gasteiger partial charge in [0.25, 0.3) is 5.91 Å². The lowest BCUT2D eigenvalue weighted by Gasteiger charge is -2.09. The third-order valence-electron chi connectivity index (χ3n) is 3.68. The molecule has 0 atom stereocenters. The van der Waals surface area contributed by atoms with Crippen LogP contribution in [0, 0.1) is 0 Å². The third kappa shape index (κ3) is 3.52. The van der Waals surface area contributed by atoms with Gasteiger partial charge in [0.05, 0.1) is 17.6 Å². The summed E-state index contributed by atoms with van der Waals surface area (Å²) in [6, 6.07) is 10.5. The van der Waals surface area contributed by atoms with E-state index in [4.69, 9.17) is 16.6 Å². The van der Waals surface area contributed by atoms with Crippen molar-refractivity contribution in [1.82, 2.24) is 4.90 Å². The molecule has 0 radical (unpaired) electrons. The summed E-state index contributed by atoms with van der Waals surface area (Å²) in [6.45, 7) is 2.44. The van der Waals surface area contributed by atoms with Crippen molar-refractivity contribution in [3.63, 3.8) is 0 Å². The average Bonchev–Trinajstić information content (AvgIpc) is 3.19. The van der Waals surface area contributed by atoms with Gasteiger partial charge in [0.2, 0.25) is 0 Å². The summed E-state index contributed by atoms with van der Waals surface area (Å²) in [7, 11) is 1.34. The minimum atomic E-state index is -0.385. The highest BCUT2D eigenvalue weighted by atomic mass is 32.2. The number of thioether (sulfide) groups is 1. The van der Waals surface area contributed by atoms with Crippen molar-refractivity contribution in [3.8, 4) is 11.3 Å². The summed E-state index contributed by atoms with van der Waals surface area (Å²) >= 11 is 6.47. The number of esters is 1. The lowest BCUT2D eigenvalue weighted by atomic mass is 10.1. The molecule has 1 aromatic heterocycles. The number of carbonyl (C=O) groups is 2. The minimum absolute atomic E-state index is 0.0992. The van der Waals surface area contributed by atoms with Gasteiger partial charge in [-0.25, -0.2) is 4.79 Å². The Morgan fingerprint density at radius 2 is 2.00 bits per heavy atom. The Labute approximate surface area is 154 Å². The van der Waals surface area contributed by atoms with Crippen LogP contribution in [0.4, 0.5) is 0 Å². The largest absolute Gasteiger partial charge is 0.465 e. The molecule has 0 spiro atoms. The number of ether oxygens (including phenoxy) is 1. The van der Waals surface area contributed by atoms with Crippen LogP contribution in [0.25, 0.3) is 17.4 Å². The zero-order valence-corrected chi connectivity index (χ0v) is 15.3. The second-order valence-electron chi connectivity index (χ2n) is 5.20. The number of furan rings is 1. The van der Waals surface area contributed by atoms with Gasteiger partial charge < -0.3 is 9.15 Å².